The number of benzene rings is 11. The van der Waals surface area contributed by atoms with Gasteiger partial charge in [0.2, 0.25) is 0 Å². The molecule has 66 heavy (non-hydrogen) atoms. The van der Waals surface area contributed by atoms with Crippen molar-refractivity contribution in [1.29, 1.82) is 0 Å². The lowest BCUT2D eigenvalue weighted by Crippen LogP contribution is -2.12. The lowest BCUT2D eigenvalue weighted by Gasteiger charge is -2.30. The Kier molecular flexibility index (Phi) is 10.1. The van der Waals surface area contributed by atoms with Crippen LogP contribution in [0, 0.1) is 0 Å². The highest BCUT2D eigenvalue weighted by Gasteiger charge is 2.23. The van der Waals surface area contributed by atoms with Crippen LogP contribution < -0.4 is 4.90 Å². The van der Waals surface area contributed by atoms with Crippen LogP contribution in [0.2, 0.25) is 0 Å². The summed E-state index contributed by atoms with van der Waals surface area (Å²) in [6, 6.07) is 95.2. The van der Waals surface area contributed by atoms with Crippen molar-refractivity contribution in [3.63, 3.8) is 0 Å². The van der Waals surface area contributed by atoms with E-state index in [2.05, 4.69) is 266 Å². The van der Waals surface area contributed by atoms with Crippen molar-refractivity contribution in [1.82, 2.24) is 0 Å². The van der Waals surface area contributed by atoms with E-state index in [9.17, 15) is 0 Å². The van der Waals surface area contributed by atoms with Crippen LogP contribution in [-0.2, 0) is 0 Å². The van der Waals surface area contributed by atoms with E-state index < -0.39 is 0 Å². The summed E-state index contributed by atoms with van der Waals surface area (Å²) in [4.78, 5) is 2.45. The summed E-state index contributed by atoms with van der Waals surface area (Å²) in [6.45, 7) is 0. The number of anilines is 3. The number of hydrogen-bond donors (Lipinski definition) is 0. The Labute approximate surface area is 389 Å². The average Bonchev–Trinajstić information content (AvgIpc) is 3.79. The Hall–Kier alpha value is -8.30. The summed E-state index contributed by atoms with van der Waals surface area (Å²) >= 11 is 1.86. The molecule has 0 amide bonds. The second kappa shape index (κ2) is 17.0. The molecule has 2 heteroatoms. The van der Waals surface area contributed by atoms with Crippen LogP contribution in [0.3, 0.4) is 0 Å². The minimum atomic E-state index is 1.08. The molecule has 0 fully saturated rings. The summed E-state index contributed by atoms with van der Waals surface area (Å²) in [5.41, 5.74) is 17.6. The highest BCUT2D eigenvalue weighted by Crippen LogP contribution is 2.49. The molecule has 0 saturated carbocycles. The summed E-state index contributed by atoms with van der Waals surface area (Å²) in [6.07, 6.45) is 0. The van der Waals surface area contributed by atoms with Gasteiger partial charge in [0, 0.05) is 37.1 Å². The van der Waals surface area contributed by atoms with Gasteiger partial charge in [-0.3, -0.25) is 0 Å². The Bertz CT molecular complexity index is 3660. The van der Waals surface area contributed by atoms with E-state index in [1.54, 1.807) is 0 Å². The first-order valence-electron chi connectivity index (χ1n) is 22.6. The molecule has 0 radical (unpaired) electrons. The second-order valence-corrected chi connectivity index (χ2v) is 17.9. The maximum absolute atomic E-state index is 2.45. The van der Waals surface area contributed by atoms with Crippen LogP contribution in [0.5, 0.6) is 0 Å². The fraction of sp³-hybridized carbons (Fsp3) is 0. The average molecular weight is 858 g/mol. The number of fused-ring (bicyclic) bond motifs is 4. The molecule has 0 aliphatic carbocycles. The predicted octanol–water partition coefficient (Wildman–Crippen LogP) is 18.7. The topological polar surface area (TPSA) is 3.24 Å². The van der Waals surface area contributed by atoms with E-state index in [4.69, 9.17) is 0 Å². The molecular formula is C64H43NS. The molecule has 11 aromatic carbocycles. The first kappa shape index (κ1) is 39.3. The third-order valence-corrected chi connectivity index (χ3v) is 14.1. The minimum absolute atomic E-state index is 1.08. The molecule has 310 valence electrons. The molecule has 12 aromatic rings. The van der Waals surface area contributed by atoms with E-state index in [0.717, 1.165) is 17.1 Å². The largest absolute Gasteiger partial charge is 0.310 e. The van der Waals surface area contributed by atoms with E-state index in [0.29, 0.717) is 0 Å². The Morgan fingerprint density at radius 1 is 0.258 bits per heavy atom. The van der Waals surface area contributed by atoms with Crippen LogP contribution in [0.4, 0.5) is 17.1 Å². The third kappa shape index (κ3) is 7.15. The molecule has 0 atom stereocenters. The molecule has 0 N–H and O–H groups in total. The summed E-state index contributed by atoms with van der Waals surface area (Å²) in [5, 5.41) is 5.15. The van der Waals surface area contributed by atoms with Gasteiger partial charge in [-0.2, -0.15) is 0 Å². The van der Waals surface area contributed by atoms with Gasteiger partial charge in [-0.05, 0) is 114 Å². The van der Waals surface area contributed by atoms with Gasteiger partial charge in [-0.25, -0.2) is 0 Å². The smallest absolute Gasteiger partial charge is 0.0546 e. The molecule has 0 saturated heterocycles. The molecule has 0 spiro atoms. The van der Waals surface area contributed by atoms with Crippen molar-refractivity contribution in [2.75, 3.05) is 4.90 Å². The van der Waals surface area contributed by atoms with Crippen LogP contribution in [0.1, 0.15) is 0 Å². The van der Waals surface area contributed by atoms with Gasteiger partial charge in [0.05, 0.1) is 5.69 Å². The summed E-state index contributed by atoms with van der Waals surface area (Å²) < 4.78 is 2.62. The molecule has 1 nitrogen and oxygen atoms in total. The zero-order valence-electron chi connectivity index (χ0n) is 36.2. The van der Waals surface area contributed by atoms with Gasteiger partial charge in [-0.1, -0.05) is 218 Å². The maximum atomic E-state index is 2.45. The third-order valence-electron chi connectivity index (χ3n) is 12.9. The van der Waals surface area contributed by atoms with Crippen molar-refractivity contribution in [2.45, 2.75) is 0 Å². The van der Waals surface area contributed by atoms with Crippen LogP contribution in [-0.4, -0.2) is 0 Å². The number of nitrogens with zero attached hydrogens (tertiary/aromatic N) is 1. The monoisotopic (exact) mass is 857 g/mol. The molecule has 1 aromatic heterocycles. The molecular weight excluding hydrogens is 815 g/mol. The highest BCUT2D eigenvalue weighted by molar-refractivity contribution is 7.25. The van der Waals surface area contributed by atoms with Crippen LogP contribution in [0.15, 0.2) is 261 Å². The summed E-state index contributed by atoms with van der Waals surface area (Å²) in [5.74, 6) is 0. The minimum Gasteiger partial charge on any atom is -0.310 e. The second-order valence-electron chi connectivity index (χ2n) is 16.8. The zero-order valence-corrected chi connectivity index (χ0v) is 37.0. The first-order chi connectivity index (χ1) is 32.7. The Balaban J connectivity index is 1.01. The van der Waals surface area contributed by atoms with E-state index in [-0.39, 0.29) is 0 Å². The fourth-order valence-electron chi connectivity index (χ4n) is 9.79. The lowest BCUT2D eigenvalue weighted by molar-refractivity contribution is 1.28. The molecule has 0 unspecified atom stereocenters. The molecule has 12 rings (SSSR count). The van der Waals surface area contributed by atoms with Crippen LogP contribution in [0.25, 0.3) is 97.7 Å². The molecule has 0 aliphatic rings. The van der Waals surface area contributed by atoms with Crippen molar-refractivity contribution >= 4 is 59.3 Å². The van der Waals surface area contributed by atoms with E-state index in [1.165, 1.54) is 97.7 Å². The van der Waals surface area contributed by atoms with Crippen molar-refractivity contribution in [2.24, 2.45) is 0 Å². The Morgan fingerprint density at radius 2 is 0.697 bits per heavy atom. The SMILES string of the molecule is c1ccc(-c2ccccc2-c2c(-c3ccccc3)cccc2N(c2ccc(-c3ccc(-c4cccc5ccccc45)cc3)cc2)c2ccc(-c3cccc4sc5ccccc5c34)cc2)cc1. The maximum Gasteiger partial charge on any atom is 0.0546 e. The normalized spacial score (nSPS) is 11.3. The molecule has 1 heterocycles. The number of hydrogen-bond acceptors (Lipinski definition) is 2. The fourth-order valence-corrected chi connectivity index (χ4v) is 10.9. The van der Waals surface area contributed by atoms with Gasteiger partial charge in [0.15, 0.2) is 0 Å². The number of rotatable bonds is 9. The van der Waals surface area contributed by atoms with Crippen molar-refractivity contribution in [3.05, 3.63) is 261 Å². The van der Waals surface area contributed by atoms with Gasteiger partial charge in [0.1, 0.15) is 0 Å². The quantitative estimate of drug-likeness (QED) is 0.140. The number of thiophene rings is 1. The summed E-state index contributed by atoms with van der Waals surface area (Å²) in [7, 11) is 0. The van der Waals surface area contributed by atoms with E-state index in [1.807, 2.05) is 11.3 Å². The first-order valence-corrected chi connectivity index (χ1v) is 23.4. The molecule has 0 bridgehead atoms. The molecule has 0 aliphatic heterocycles. The Morgan fingerprint density at radius 3 is 1.42 bits per heavy atom. The highest BCUT2D eigenvalue weighted by atomic mass is 32.1. The van der Waals surface area contributed by atoms with Gasteiger partial charge < -0.3 is 4.90 Å². The van der Waals surface area contributed by atoms with Crippen molar-refractivity contribution < 1.29 is 0 Å². The van der Waals surface area contributed by atoms with Gasteiger partial charge in [-0.15, -0.1) is 11.3 Å². The van der Waals surface area contributed by atoms with Gasteiger partial charge >= 0.3 is 0 Å². The van der Waals surface area contributed by atoms with Gasteiger partial charge in [0.25, 0.3) is 0 Å². The lowest BCUT2D eigenvalue weighted by atomic mass is 9.87. The van der Waals surface area contributed by atoms with Crippen LogP contribution >= 0.6 is 11.3 Å². The standard InChI is InChI=1S/C64H43NS/c1-3-16-46(17-4-1)55-23-9-10-24-58(55)63-56(48-18-5-2-6-19-48)27-14-29-60(63)65(52-42-38-50(39-43-52)57-28-15-31-62-64(57)59-25-11-12-30-61(59)66-62)51-40-36-45(37-41-51)44-32-34-49(35-33-44)54-26-13-21-47-20-7-8-22-53(47)54/h1-43H. The van der Waals surface area contributed by atoms with E-state index >= 15 is 0 Å². The van der Waals surface area contributed by atoms with Crippen molar-refractivity contribution in [3.8, 4) is 66.8 Å². The zero-order chi connectivity index (χ0) is 43.8. The predicted molar refractivity (Wildman–Crippen MR) is 284 cm³/mol.